The van der Waals surface area contributed by atoms with Crippen LogP contribution in [0.4, 0.5) is 75.1 Å². The topological polar surface area (TPSA) is 374 Å². The van der Waals surface area contributed by atoms with E-state index in [1.54, 1.807) is 116 Å². The van der Waals surface area contributed by atoms with Crippen LogP contribution in [-0.4, -0.2) is 137 Å². The molecule has 1 aliphatic heterocycles. The number of piperidine rings is 1. The summed E-state index contributed by atoms with van der Waals surface area (Å²) >= 11 is 24.3. The van der Waals surface area contributed by atoms with Crippen LogP contribution >= 0.6 is 46.4 Å². The number of benzene rings is 4. The van der Waals surface area contributed by atoms with Crippen molar-refractivity contribution in [1.82, 2.24) is 85.3 Å². The number of pyridine rings is 10. The fraction of sp³-hybridized carbons (Fsp3) is 0.133. The Kier molecular flexibility index (Phi) is 28.3. The highest BCUT2D eigenvalue weighted by atomic mass is 35.5. The number of anilines is 10. The quantitative estimate of drug-likeness (QED) is 0.0320. The second-order valence-corrected chi connectivity index (χ2v) is 30.3. The zero-order chi connectivity index (χ0) is 88.5. The Balaban J connectivity index is 0.000000137. The zero-order valence-corrected chi connectivity index (χ0v) is 70.3. The first-order valence-corrected chi connectivity index (χ1v) is 40.5. The summed E-state index contributed by atoms with van der Waals surface area (Å²) in [5, 5.41) is 28.6. The van der Waals surface area contributed by atoms with Crippen LogP contribution < -0.4 is 48.3 Å². The van der Waals surface area contributed by atoms with Crippen molar-refractivity contribution in [2.24, 2.45) is 5.73 Å². The van der Waals surface area contributed by atoms with Gasteiger partial charge in [0, 0.05) is 158 Å². The minimum atomic E-state index is -0.454. The molecule has 634 valence electrons. The second kappa shape index (κ2) is 40.6. The van der Waals surface area contributed by atoms with Gasteiger partial charge in [0.1, 0.15) is 47.0 Å². The summed E-state index contributed by atoms with van der Waals surface area (Å²) in [7, 11) is 2.08. The zero-order valence-electron chi connectivity index (χ0n) is 67.3. The SMILES string of the molecule is CC(=O)Nc1nccc(Nc2cc(-c3cc(Cl)ccc3F)nc3ncccc23)n1.CC(C)NC(=O)c1cnccc1Nc1cc(-c2cc(Cl)ccc2F)nc2ncccc12.CN1CCC(NC(=O)c2cnccc2Nc2cc(-c3cc(Cl)ccc3F)nc3ncccc23)CC1.NCCC(=O)Nc1cc(Nc2cc(-c3cc(Cl)ccc3F)nc3ncccc23)ncn1. The molecule has 1 fully saturated rings. The molecule has 12 aromatic heterocycles. The van der Waals surface area contributed by atoms with Gasteiger partial charge in [-0.3, -0.25) is 34.5 Å². The number of hydrogen-bond donors (Lipinski definition) is 9. The van der Waals surface area contributed by atoms with E-state index in [9.17, 15) is 36.7 Å². The van der Waals surface area contributed by atoms with E-state index < -0.39 is 23.3 Å². The molecule has 0 atom stereocenters. The monoisotopic (exact) mass is 1770 g/mol. The molecule has 28 nitrogen and oxygen atoms in total. The van der Waals surface area contributed by atoms with Gasteiger partial charge in [-0.1, -0.05) is 46.4 Å². The summed E-state index contributed by atoms with van der Waals surface area (Å²) in [5.74, 6) is -1.38. The van der Waals surface area contributed by atoms with Crippen molar-refractivity contribution >= 4 is 172 Å². The number of nitrogens with zero attached hydrogens (tertiary/aromatic N) is 15. The van der Waals surface area contributed by atoms with E-state index in [4.69, 9.17) is 52.1 Å². The van der Waals surface area contributed by atoms with Gasteiger partial charge in [-0.05, 0) is 211 Å². The lowest BCUT2D eigenvalue weighted by Crippen LogP contribution is -2.43. The molecule has 126 heavy (non-hydrogen) atoms. The first-order chi connectivity index (χ1) is 60.9. The maximum atomic E-state index is 14.6. The molecule has 1 aliphatic rings. The molecule has 0 aliphatic carbocycles. The first-order valence-electron chi connectivity index (χ1n) is 39.0. The summed E-state index contributed by atoms with van der Waals surface area (Å²) < 4.78 is 58.0. The van der Waals surface area contributed by atoms with Gasteiger partial charge in [0.2, 0.25) is 17.8 Å². The number of fused-ring (bicyclic) bond motifs is 4. The van der Waals surface area contributed by atoms with Gasteiger partial charge in [-0.15, -0.1) is 0 Å². The number of nitrogens with one attached hydrogen (secondary N) is 8. The molecule has 17 rings (SSSR count). The number of likely N-dealkylation sites (tertiary alicyclic amines) is 1. The third-order valence-electron chi connectivity index (χ3n) is 19.1. The molecule has 16 aromatic rings. The van der Waals surface area contributed by atoms with Gasteiger partial charge < -0.3 is 47.9 Å². The number of carbonyl (C=O) groups excluding carboxylic acids is 4. The van der Waals surface area contributed by atoms with Crippen LogP contribution in [0.2, 0.25) is 20.1 Å². The number of rotatable bonds is 20. The lowest BCUT2D eigenvalue weighted by atomic mass is 10.0. The van der Waals surface area contributed by atoms with Crippen LogP contribution in [0.5, 0.6) is 0 Å². The van der Waals surface area contributed by atoms with E-state index in [0.29, 0.717) is 134 Å². The number of amides is 4. The highest BCUT2D eigenvalue weighted by Gasteiger charge is 2.25. The molecule has 0 bridgehead atoms. The maximum Gasteiger partial charge on any atom is 0.255 e. The fourth-order valence-corrected chi connectivity index (χ4v) is 13.8. The number of aromatic nitrogens is 14. The summed E-state index contributed by atoms with van der Waals surface area (Å²) in [6.07, 6.45) is 17.5. The predicted molar refractivity (Wildman–Crippen MR) is 483 cm³/mol. The minimum Gasteiger partial charge on any atom is -0.354 e. The van der Waals surface area contributed by atoms with Crippen LogP contribution in [0.1, 0.15) is 60.7 Å². The van der Waals surface area contributed by atoms with Crippen LogP contribution in [0.25, 0.3) is 89.2 Å². The van der Waals surface area contributed by atoms with Gasteiger partial charge in [0.05, 0.1) is 68.0 Å². The van der Waals surface area contributed by atoms with Crippen LogP contribution in [-0.2, 0) is 9.59 Å². The average molecular weight is 1770 g/mol. The first kappa shape index (κ1) is 87.8. The standard InChI is InChI=1S/C26H24ClFN6O.C23H19ClFN5O.C21H17ClFN7O.C20H14ClFN6O/c1-34-11-7-17(8-12-34)31-26(35)20-15-29-10-6-22(20)32-23-14-24(19-13-16(27)4-5-21(19)28)33-25-18(23)3-2-9-30-25;1-13(2)28-23(31)17-12-26-9-7-19(17)29-20-11-21(16-10-14(24)5-6-18(16)25)30-22-15(20)4-3-8-27-22;22-12-3-4-15(23)14(8-12)17-9-16(13-2-1-7-25-21(13)29-17)28-18-10-19(27-11-26-18)30-20(31)5-6-24;1-11(29)25-20-24-8-6-18(28-20)26-16-10-17(14-9-12(21)4-5-15(14)22)27-19-13(16)3-2-7-23-19/h2-6,9-10,13-15,17H,7-8,11-12H2,1H3,(H,31,35)(H,29,30,32,33);3-13H,1-2H3,(H,28,31)(H,26,27,29,30);1-4,7-11H,5-6,24H2,(H2,25,26,27,28,29,30,31);2-10H,1H3,(H2,23,24,25,26,27,28,29). The molecule has 0 unspecified atom stereocenters. The van der Waals surface area contributed by atoms with Crippen LogP contribution in [0, 0.1) is 23.3 Å². The molecule has 10 N–H and O–H groups in total. The van der Waals surface area contributed by atoms with E-state index in [1.165, 1.54) is 98.4 Å². The fourth-order valence-electron chi connectivity index (χ4n) is 13.1. The van der Waals surface area contributed by atoms with Crippen molar-refractivity contribution in [2.75, 3.05) is 58.6 Å². The van der Waals surface area contributed by atoms with E-state index in [0.717, 1.165) is 42.1 Å². The van der Waals surface area contributed by atoms with E-state index >= 15 is 0 Å². The molecule has 1 saturated heterocycles. The number of halogens is 8. The normalized spacial score (nSPS) is 11.9. The van der Waals surface area contributed by atoms with E-state index in [-0.39, 0.29) is 76.9 Å². The maximum absolute atomic E-state index is 14.6. The number of hydrogen-bond acceptors (Lipinski definition) is 24. The van der Waals surface area contributed by atoms with Crippen molar-refractivity contribution in [3.05, 3.63) is 286 Å². The molecule has 0 saturated carbocycles. The van der Waals surface area contributed by atoms with Gasteiger partial charge in [-0.25, -0.2) is 72.4 Å². The predicted octanol–water partition coefficient (Wildman–Crippen LogP) is 18.9. The Morgan fingerprint density at radius 2 is 0.833 bits per heavy atom. The smallest absolute Gasteiger partial charge is 0.255 e. The van der Waals surface area contributed by atoms with Gasteiger partial charge in [-0.2, -0.15) is 4.98 Å². The second-order valence-electron chi connectivity index (χ2n) is 28.6. The minimum absolute atomic E-state index is 0.0241. The van der Waals surface area contributed by atoms with Crippen molar-refractivity contribution < 1.29 is 36.7 Å². The third kappa shape index (κ3) is 22.3. The molecule has 4 aromatic carbocycles. The van der Waals surface area contributed by atoms with Gasteiger partial charge >= 0.3 is 0 Å². The third-order valence-corrected chi connectivity index (χ3v) is 20.0. The largest absolute Gasteiger partial charge is 0.354 e. The van der Waals surface area contributed by atoms with Crippen LogP contribution in [0.3, 0.4) is 0 Å². The Morgan fingerprint density at radius 3 is 1.24 bits per heavy atom. The van der Waals surface area contributed by atoms with Crippen molar-refractivity contribution in [3.8, 4) is 45.0 Å². The lowest BCUT2D eigenvalue weighted by Gasteiger charge is -2.29. The summed E-state index contributed by atoms with van der Waals surface area (Å²) in [6, 6.07) is 45.3. The average Bonchev–Trinajstić information content (AvgIpc) is 0.795. The van der Waals surface area contributed by atoms with Gasteiger partial charge in [0.25, 0.3) is 11.8 Å². The molecule has 4 amide bonds. The summed E-state index contributed by atoms with van der Waals surface area (Å²) in [4.78, 5) is 111. The molecule has 36 heteroatoms. The van der Waals surface area contributed by atoms with Crippen molar-refractivity contribution in [2.45, 2.75) is 52.1 Å². The van der Waals surface area contributed by atoms with Crippen LogP contribution in [0.15, 0.2) is 232 Å². The molecule has 0 spiro atoms. The molecular formula is C90H74Cl4F4N24O4. The van der Waals surface area contributed by atoms with Gasteiger partial charge in [0.15, 0.2) is 22.6 Å². The molecular weight excluding hydrogens is 1700 g/mol. The highest BCUT2D eigenvalue weighted by molar-refractivity contribution is 6.32. The lowest BCUT2D eigenvalue weighted by molar-refractivity contribution is -0.116. The number of nitrogens with two attached hydrogens (primary N) is 1. The van der Waals surface area contributed by atoms with Crippen molar-refractivity contribution in [3.63, 3.8) is 0 Å². The number of carbonyl (C=O) groups is 4. The Labute approximate surface area is 737 Å². The Bertz CT molecular complexity index is 6770. The Morgan fingerprint density at radius 1 is 0.437 bits per heavy atom. The van der Waals surface area contributed by atoms with Crippen molar-refractivity contribution in [1.29, 1.82) is 0 Å². The van der Waals surface area contributed by atoms with E-state index in [1.807, 2.05) is 38.1 Å². The highest BCUT2D eigenvalue weighted by Crippen LogP contribution is 2.39. The molecule has 13 heterocycles. The van der Waals surface area contributed by atoms with E-state index in [2.05, 4.69) is 124 Å². The summed E-state index contributed by atoms with van der Waals surface area (Å²) in [6.45, 7) is 7.27. The molecule has 0 radical (unpaired) electrons. The Hall–Kier alpha value is -14.5. The summed E-state index contributed by atoms with van der Waals surface area (Å²) in [5.41, 5.74) is 14.1.